The van der Waals surface area contributed by atoms with Crippen molar-refractivity contribution in [1.29, 1.82) is 0 Å². The maximum atomic E-state index is 11.3. The van der Waals surface area contributed by atoms with Crippen LogP contribution in [-0.4, -0.2) is 21.3 Å². The molecule has 0 aliphatic rings. The van der Waals surface area contributed by atoms with E-state index in [4.69, 9.17) is 16.7 Å². The van der Waals surface area contributed by atoms with Crippen LogP contribution in [0, 0.1) is 0 Å². The molecule has 0 fully saturated rings. The quantitative estimate of drug-likeness (QED) is 0.764. The number of fused-ring (bicyclic) bond motifs is 1. The van der Waals surface area contributed by atoms with Gasteiger partial charge in [0.1, 0.15) is 0 Å². The predicted octanol–water partition coefficient (Wildman–Crippen LogP) is 1.27. The van der Waals surface area contributed by atoms with Gasteiger partial charge in [-0.3, -0.25) is 4.79 Å². The SMILES string of the molecule is O=C(O)c1cccc2c(=O)[nH]nc(Cl)c12. The Balaban J connectivity index is 3.03. The first-order valence-electron chi connectivity index (χ1n) is 4.01. The van der Waals surface area contributed by atoms with Gasteiger partial charge >= 0.3 is 5.97 Å². The number of hydrogen-bond acceptors (Lipinski definition) is 3. The lowest BCUT2D eigenvalue weighted by Crippen LogP contribution is -2.10. The fraction of sp³-hybridized carbons (Fsp3) is 0. The van der Waals surface area contributed by atoms with Gasteiger partial charge in [-0.05, 0) is 12.1 Å². The van der Waals surface area contributed by atoms with Crippen LogP contribution in [0.3, 0.4) is 0 Å². The molecular formula is C9H5ClN2O3. The molecule has 0 aliphatic carbocycles. The molecule has 0 amide bonds. The summed E-state index contributed by atoms with van der Waals surface area (Å²) in [5.74, 6) is -1.14. The van der Waals surface area contributed by atoms with Crippen molar-refractivity contribution in [2.75, 3.05) is 0 Å². The molecule has 0 bridgehead atoms. The van der Waals surface area contributed by atoms with E-state index < -0.39 is 11.5 Å². The van der Waals surface area contributed by atoms with E-state index in [1.165, 1.54) is 18.2 Å². The Hall–Kier alpha value is -1.88. The smallest absolute Gasteiger partial charge is 0.336 e. The maximum Gasteiger partial charge on any atom is 0.336 e. The highest BCUT2D eigenvalue weighted by molar-refractivity contribution is 6.35. The monoisotopic (exact) mass is 224 g/mol. The average Bonchev–Trinajstić information content (AvgIpc) is 2.23. The molecule has 0 unspecified atom stereocenters. The molecule has 0 spiro atoms. The molecule has 1 aromatic heterocycles. The Morgan fingerprint density at radius 2 is 2.20 bits per heavy atom. The first kappa shape index (κ1) is 9.67. The second-order valence-electron chi connectivity index (χ2n) is 2.88. The molecule has 1 aromatic carbocycles. The highest BCUT2D eigenvalue weighted by Gasteiger charge is 2.13. The summed E-state index contributed by atoms with van der Waals surface area (Å²) >= 11 is 5.73. The van der Waals surface area contributed by atoms with Gasteiger partial charge < -0.3 is 5.11 Å². The number of aromatic carboxylic acids is 1. The largest absolute Gasteiger partial charge is 0.478 e. The van der Waals surface area contributed by atoms with Gasteiger partial charge in [0.2, 0.25) is 0 Å². The second kappa shape index (κ2) is 3.36. The van der Waals surface area contributed by atoms with Crippen molar-refractivity contribution in [3.05, 3.63) is 39.3 Å². The summed E-state index contributed by atoms with van der Waals surface area (Å²) in [6.45, 7) is 0. The van der Waals surface area contributed by atoms with E-state index in [-0.39, 0.29) is 21.5 Å². The standard InChI is InChI=1S/C9H5ClN2O3/c10-7-6-4(8(13)12-11-7)2-1-3-5(6)9(14)15/h1-3H,(H,12,13)(H,14,15). The van der Waals surface area contributed by atoms with Crippen LogP contribution in [0.15, 0.2) is 23.0 Å². The Labute approximate surface area is 88.3 Å². The Kier molecular flexibility index (Phi) is 2.17. The molecule has 0 radical (unpaired) electrons. The molecule has 76 valence electrons. The lowest BCUT2D eigenvalue weighted by Gasteiger charge is -2.01. The van der Waals surface area contributed by atoms with Gasteiger partial charge in [-0.15, -0.1) is 0 Å². The van der Waals surface area contributed by atoms with Crippen LogP contribution in [0.1, 0.15) is 10.4 Å². The van der Waals surface area contributed by atoms with Crippen molar-refractivity contribution in [3.8, 4) is 0 Å². The van der Waals surface area contributed by atoms with E-state index >= 15 is 0 Å². The van der Waals surface area contributed by atoms with Gasteiger partial charge in [-0.25, -0.2) is 9.89 Å². The number of carbonyl (C=O) groups is 1. The topological polar surface area (TPSA) is 83.0 Å². The Morgan fingerprint density at radius 3 is 2.87 bits per heavy atom. The van der Waals surface area contributed by atoms with E-state index in [0.717, 1.165) is 0 Å². The van der Waals surface area contributed by atoms with Crippen LogP contribution in [-0.2, 0) is 0 Å². The van der Waals surface area contributed by atoms with Gasteiger partial charge in [-0.1, -0.05) is 17.7 Å². The van der Waals surface area contributed by atoms with Gasteiger partial charge in [0, 0.05) is 5.39 Å². The number of carboxylic acids is 1. The van der Waals surface area contributed by atoms with Crippen molar-refractivity contribution in [3.63, 3.8) is 0 Å². The molecule has 0 aliphatic heterocycles. The summed E-state index contributed by atoms with van der Waals surface area (Å²) in [4.78, 5) is 22.2. The third-order valence-electron chi connectivity index (χ3n) is 2.00. The Bertz CT molecular complexity index is 606. The fourth-order valence-corrected chi connectivity index (χ4v) is 1.60. The summed E-state index contributed by atoms with van der Waals surface area (Å²) < 4.78 is 0. The average molecular weight is 225 g/mol. The molecular weight excluding hydrogens is 220 g/mol. The van der Waals surface area contributed by atoms with E-state index in [9.17, 15) is 9.59 Å². The van der Waals surface area contributed by atoms with Crippen molar-refractivity contribution >= 4 is 28.3 Å². The zero-order chi connectivity index (χ0) is 11.0. The highest BCUT2D eigenvalue weighted by Crippen LogP contribution is 2.21. The van der Waals surface area contributed by atoms with Gasteiger partial charge in [0.15, 0.2) is 5.15 Å². The summed E-state index contributed by atoms with van der Waals surface area (Å²) in [7, 11) is 0. The first-order chi connectivity index (χ1) is 7.11. The molecule has 0 saturated carbocycles. The molecule has 1 heterocycles. The third-order valence-corrected chi connectivity index (χ3v) is 2.27. The number of aromatic nitrogens is 2. The normalized spacial score (nSPS) is 10.5. The lowest BCUT2D eigenvalue weighted by molar-refractivity contribution is 0.0699. The lowest BCUT2D eigenvalue weighted by atomic mass is 10.1. The summed E-state index contributed by atoms with van der Waals surface area (Å²) in [6.07, 6.45) is 0. The van der Waals surface area contributed by atoms with Gasteiger partial charge in [0.05, 0.1) is 10.9 Å². The second-order valence-corrected chi connectivity index (χ2v) is 3.23. The number of aromatic amines is 1. The summed E-state index contributed by atoms with van der Waals surface area (Å²) in [6, 6.07) is 4.35. The van der Waals surface area contributed by atoms with Crippen molar-refractivity contribution < 1.29 is 9.90 Å². The van der Waals surface area contributed by atoms with Crippen LogP contribution in [0.2, 0.25) is 5.15 Å². The van der Waals surface area contributed by atoms with Gasteiger partial charge in [-0.2, -0.15) is 5.10 Å². The summed E-state index contributed by atoms with van der Waals surface area (Å²) in [5.41, 5.74) is -0.492. The number of nitrogens with one attached hydrogen (secondary N) is 1. The number of benzene rings is 1. The van der Waals surface area contributed by atoms with Crippen LogP contribution in [0.5, 0.6) is 0 Å². The Morgan fingerprint density at radius 1 is 1.47 bits per heavy atom. The fourth-order valence-electron chi connectivity index (χ4n) is 1.36. The maximum absolute atomic E-state index is 11.3. The number of H-pyrrole nitrogens is 1. The van der Waals surface area contributed by atoms with Gasteiger partial charge in [0.25, 0.3) is 5.56 Å². The molecule has 15 heavy (non-hydrogen) atoms. The van der Waals surface area contributed by atoms with Crippen LogP contribution in [0.25, 0.3) is 10.8 Å². The van der Waals surface area contributed by atoms with Crippen LogP contribution < -0.4 is 5.56 Å². The van der Waals surface area contributed by atoms with Crippen molar-refractivity contribution in [1.82, 2.24) is 10.2 Å². The third kappa shape index (κ3) is 1.46. The summed E-state index contributed by atoms with van der Waals surface area (Å²) in [5, 5.41) is 14.9. The number of rotatable bonds is 1. The number of hydrogen-bond donors (Lipinski definition) is 2. The zero-order valence-corrected chi connectivity index (χ0v) is 8.08. The molecule has 5 nitrogen and oxygen atoms in total. The van der Waals surface area contributed by atoms with Crippen LogP contribution in [0.4, 0.5) is 0 Å². The highest BCUT2D eigenvalue weighted by atomic mass is 35.5. The first-order valence-corrected chi connectivity index (χ1v) is 4.39. The molecule has 0 saturated heterocycles. The van der Waals surface area contributed by atoms with Crippen molar-refractivity contribution in [2.24, 2.45) is 0 Å². The molecule has 6 heteroatoms. The van der Waals surface area contributed by atoms with E-state index in [1.54, 1.807) is 0 Å². The van der Waals surface area contributed by atoms with Crippen molar-refractivity contribution in [2.45, 2.75) is 0 Å². The van der Waals surface area contributed by atoms with E-state index in [1.807, 2.05) is 0 Å². The number of carboxylic acid groups (broad SMARTS) is 1. The number of halogens is 1. The minimum Gasteiger partial charge on any atom is -0.478 e. The number of nitrogens with zero attached hydrogens (tertiary/aromatic N) is 1. The minimum absolute atomic E-state index is 0.0254. The van der Waals surface area contributed by atoms with E-state index in [2.05, 4.69) is 10.2 Å². The zero-order valence-electron chi connectivity index (χ0n) is 7.32. The van der Waals surface area contributed by atoms with E-state index in [0.29, 0.717) is 0 Å². The molecule has 2 aromatic rings. The predicted molar refractivity (Wildman–Crippen MR) is 54.3 cm³/mol. The minimum atomic E-state index is -1.14. The molecule has 2 N–H and O–H groups in total. The van der Waals surface area contributed by atoms with Crippen LogP contribution >= 0.6 is 11.6 Å². The molecule has 2 rings (SSSR count). The molecule has 0 atom stereocenters.